The lowest BCUT2D eigenvalue weighted by Crippen LogP contribution is -2.23. The molecule has 0 saturated heterocycles. The maximum atomic E-state index is 8.94. The summed E-state index contributed by atoms with van der Waals surface area (Å²) in [6, 6.07) is 1.90. The number of aliphatic hydroxyl groups excluding tert-OH is 1. The van der Waals surface area contributed by atoms with Crippen molar-refractivity contribution in [3.8, 4) is 0 Å². The Labute approximate surface area is 107 Å². The Kier molecular flexibility index (Phi) is 4.66. The Morgan fingerprint density at radius 3 is 3.11 bits per heavy atom. The van der Waals surface area contributed by atoms with Crippen molar-refractivity contribution in [3.63, 3.8) is 0 Å². The molecule has 1 atom stereocenters. The van der Waals surface area contributed by atoms with Gasteiger partial charge in [0.2, 0.25) is 5.78 Å². The van der Waals surface area contributed by atoms with Gasteiger partial charge in [0.15, 0.2) is 0 Å². The first-order valence-electron chi connectivity index (χ1n) is 6.43. The topological polar surface area (TPSA) is 62.5 Å². The van der Waals surface area contributed by atoms with Crippen molar-refractivity contribution in [1.82, 2.24) is 19.7 Å². The maximum Gasteiger partial charge on any atom is 0.233 e. The SMILES string of the molecule is CCC(CCO)CNCc1cnc2ncccn12. The van der Waals surface area contributed by atoms with Crippen LogP contribution in [0.2, 0.25) is 0 Å². The fourth-order valence-electron chi connectivity index (χ4n) is 2.05. The van der Waals surface area contributed by atoms with Crippen LogP contribution in [0.5, 0.6) is 0 Å². The minimum absolute atomic E-state index is 0.264. The zero-order valence-corrected chi connectivity index (χ0v) is 10.7. The lowest BCUT2D eigenvalue weighted by Gasteiger charge is -2.13. The van der Waals surface area contributed by atoms with Gasteiger partial charge in [-0.15, -0.1) is 0 Å². The van der Waals surface area contributed by atoms with E-state index in [1.54, 1.807) is 6.20 Å². The Bertz CT molecular complexity index is 483. The highest BCUT2D eigenvalue weighted by Gasteiger charge is 2.06. The highest BCUT2D eigenvalue weighted by atomic mass is 16.3. The molecule has 1 unspecified atom stereocenters. The zero-order valence-electron chi connectivity index (χ0n) is 10.7. The molecule has 2 heterocycles. The number of hydrogen-bond acceptors (Lipinski definition) is 4. The molecule has 0 bridgehead atoms. The molecule has 0 saturated carbocycles. The van der Waals surface area contributed by atoms with E-state index in [9.17, 15) is 0 Å². The molecule has 0 aromatic carbocycles. The molecule has 2 rings (SSSR count). The van der Waals surface area contributed by atoms with Gasteiger partial charge in [-0.1, -0.05) is 13.3 Å². The number of hydrogen-bond donors (Lipinski definition) is 2. The van der Waals surface area contributed by atoms with E-state index in [1.807, 2.05) is 22.9 Å². The third kappa shape index (κ3) is 3.05. The smallest absolute Gasteiger partial charge is 0.233 e. The second-order valence-electron chi connectivity index (χ2n) is 4.46. The lowest BCUT2D eigenvalue weighted by atomic mass is 10.0. The Morgan fingerprint density at radius 2 is 2.33 bits per heavy atom. The van der Waals surface area contributed by atoms with E-state index in [0.717, 1.165) is 37.4 Å². The Balaban J connectivity index is 1.90. The summed E-state index contributed by atoms with van der Waals surface area (Å²) in [5.41, 5.74) is 1.11. The summed E-state index contributed by atoms with van der Waals surface area (Å²) in [5, 5.41) is 12.4. The van der Waals surface area contributed by atoms with E-state index in [-0.39, 0.29) is 6.61 Å². The monoisotopic (exact) mass is 248 g/mol. The van der Waals surface area contributed by atoms with Crippen molar-refractivity contribution in [1.29, 1.82) is 0 Å². The minimum Gasteiger partial charge on any atom is -0.396 e. The second-order valence-corrected chi connectivity index (χ2v) is 4.46. The largest absolute Gasteiger partial charge is 0.396 e. The van der Waals surface area contributed by atoms with Crippen LogP contribution in [-0.4, -0.2) is 32.6 Å². The molecule has 18 heavy (non-hydrogen) atoms. The van der Waals surface area contributed by atoms with Crippen LogP contribution in [-0.2, 0) is 6.54 Å². The first-order valence-corrected chi connectivity index (χ1v) is 6.43. The lowest BCUT2D eigenvalue weighted by molar-refractivity contribution is 0.251. The van der Waals surface area contributed by atoms with Crippen LogP contribution < -0.4 is 5.32 Å². The van der Waals surface area contributed by atoms with Crippen LogP contribution in [0, 0.1) is 5.92 Å². The molecular weight excluding hydrogens is 228 g/mol. The van der Waals surface area contributed by atoms with Crippen LogP contribution in [0.15, 0.2) is 24.7 Å². The number of rotatable bonds is 7. The average molecular weight is 248 g/mol. The van der Waals surface area contributed by atoms with Crippen molar-refractivity contribution < 1.29 is 5.11 Å². The zero-order chi connectivity index (χ0) is 12.8. The van der Waals surface area contributed by atoms with E-state index < -0.39 is 0 Å². The average Bonchev–Trinajstić information content (AvgIpc) is 2.81. The fourth-order valence-corrected chi connectivity index (χ4v) is 2.05. The number of fused-ring (bicyclic) bond motifs is 1. The van der Waals surface area contributed by atoms with E-state index in [2.05, 4.69) is 22.2 Å². The van der Waals surface area contributed by atoms with Gasteiger partial charge in [-0.25, -0.2) is 9.97 Å². The molecule has 2 aromatic heterocycles. The first kappa shape index (κ1) is 13.0. The fraction of sp³-hybridized carbons (Fsp3) is 0.538. The molecule has 0 radical (unpaired) electrons. The van der Waals surface area contributed by atoms with Gasteiger partial charge in [0, 0.05) is 25.5 Å². The van der Waals surface area contributed by atoms with Crippen LogP contribution in [0.3, 0.4) is 0 Å². The molecule has 5 nitrogen and oxygen atoms in total. The Morgan fingerprint density at radius 1 is 1.44 bits per heavy atom. The van der Waals surface area contributed by atoms with Gasteiger partial charge in [0.25, 0.3) is 0 Å². The van der Waals surface area contributed by atoms with Gasteiger partial charge in [-0.2, -0.15) is 0 Å². The summed E-state index contributed by atoms with van der Waals surface area (Å²) in [7, 11) is 0. The number of nitrogens with zero attached hydrogens (tertiary/aromatic N) is 3. The molecule has 2 N–H and O–H groups in total. The van der Waals surface area contributed by atoms with Crippen molar-refractivity contribution in [3.05, 3.63) is 30.4 Å². The summed E-state index contributed by atoms with van der Waals surface area (Å²) < 4.78 is 1.99. The summed E-state index contributed by atoms with van der Waals surface area (Å²) in [5.74, 6) is 1.27. The molecule has 0 aliphatic rings. The van der Waals surface area contributed by atoms with Crippen LogP contribution in [0.4, 0.5) is 0 Å². The quantitative estimate of drug-likeness (QED) is 0.773. The second kappa shape index (κ2) is 6.47. The molecule has 0 fully saturated rings. The first-order chi connectivity index (χ1) is 8.85. The van der Waals surface area contributed by atoms with Gasteiger partial charge < -0.3 is 10.4 Å². The van der Waals surface area contributed by atoms with Crippen LogP contribution in [0.1, 0.15) is 25.5 Å². The molecule has 2 aromatic rings. The standard InChI is InChI=1S/C13H20N4O/c1-2-11(4-7-18)8-14-9-12-10-16-13-15-5-3-6-17(12)13/h3,5-6,10-11,14,18H,2,4,7-9H2,1H3. The number of imidazole rings is 1. The maximum absolute atomic E-state index is 8.94. The summed E-state index contributed by atoms with van der Waals surface area (Å²) in [6.45, 7) is 4.11. The van der Waals surface area contributed by atoms with E-state index in [1.165, 1.54) is 0 Å². The van der Waals surface area contributed by atoms with E-state index in [4.69, 9.17) is 5.11 Å². The minimum atomic E-state index is 0.264. The van der Waals surface area contributed by atoms with E-state index >= 15 is 0 Å². The summed E-state index contributed by atoms with van der Waals surface area (Å²) in [6.07, 6.45) is 7.51. The molecule has 0 aliphatic carbocycles. The van der Waals surface area contributed by atoms with E-state index in [0.29, 0.717) is 5.92 Å². The molecular formula is C13H20N4O. The molecule has 5 heteroatoms. The highest BCUT2D eigenvalue weighted by molar-refractivity contribution is 5.30. The molecule has 0 amide bonds. The third-order valence-electron chi connectivity index (χ3n) is 3.22. The summed E-state index contributed by atoms with van der Waals surface area (Å²) in [4.78, 5) is 8.43. The van der Waals surface area contributed by atoms with Gasteiger partial charge in [0.1, 0.15) is 0 Å². The number of aromatic nitrogens is 3. The Hall–Kier alpha value is -1.46. The molecule has 98 valence electrons. The van der Waals surface area contributed by atoms with Crippen molar-refractivity contribution in [2.45, 2.75) is 26.3 Å². The number of nitrogens with one attached hydrogen (secondary N) is 1. The van der Waals surface area contributed by atoms with Crippen molar-refractivity contribution in [2.24, 2.45) is 5.92 Å². The van der Waals surface area contributed by atoms with Crippen molar-refractivity contribution >= 4 is 5.78 Å². The molecule has 0 spiro atoms. The third-order valence-corrected chi connectivity index (χ3v) is 3.22. The van der Waals surface area contributed by atoms with Crippen molar-refractivity contribution in [2.75, 3.05) is 13.2 Å². The predicted octanol–water partition coefficient (Wildman–Crippen LogP) is 1.23. The summed E-state index contributed by atoms with van der Waals surface area (Å²) >= 11 is 0. The van der Waals surface area contributed by atoms with Gasteiger partial charge in [-0.05, 0) is 24.9 Å². The normalized spacial score (nSPS) is 13.0. The van der Waals surface area contributed by atoms with Crippen LogP contribution in [0.25, 0.3) is 5.78 Å². The van der Waals surface area contributed by atoms with Gasteiger partial charge in [-0.3, -0.25) is 4.40 Å². The number of aliphatic hydroxyl groups is 1. The highest BCUT2D eigenvalue weighted by Crippen LogP contribution is 2.07. The van der Waals surface area contributed by atoms with Gasteiger partial charge in [0.05, 0.1) is 11.9 Å². The van der Waals surface area contributed by atoms with Crippen LogP contribution >= 0.6 is 0 Å². The van der Waals surface area contributed by atoms with Gasteiger partial charge >= 0.3 is 0 Å². The predicted molar refractivity (Wildman–Crippen MR) is 70.2 cm³/mol. The molecule has 0 aliphatic heterocycles.